The number of halogens is 2. The van der Waals surface area contributed by atoms with Gasteiger partial charge in [0.1, 0.15) is 0 Å². The summed E-state index contributed by atoms with van der Waals surface area (Å²) in [5.41, 5.74) is 11.7. The molecule has 318 valence electrons. The normalized spacial score (nSPS) is 15.4. The first-order chi connectivity index (χ1) is 28.8. The van der Waals surface area contributed by atoms with Gasteiger partial charge in [-0.05, 0) is 57.8 Å². The van der Waals surface area contributed by atoms with E-state index >= 15 is 0 Å². The first-order valence-corrected chi connectivity index (χ1v) is 31.3. The van der Waals surface area contributed by atoms with Crippen molar-refractivity contribution in [3.05, 3.63) is 131 Å². The van der Waals surface area contributed by atoms with Gasteiger partial charge >= 0.3 is 37.9 Å². The second kappa shape index (κ2) is 24.0. The SMILES string of the molecule is CC(C)(C)c1ccc(-c2cccc3[cH-]c(CC4CCCCCC4)cc23)cc1.CC(C)(C)c1ccc(-c2cccc3[cH-]c(CC4CCCCCC4)cc23)cc1.C[Si]C.[Cl][Zr+2][Cl]. The van der Waals surface area contributed by atoms with Gasteiger partial charge in [0, 0.05) is 9.52 Å². The molecule has 8 rings (SSSR count). The van der Waals surface area contributed by atoms with E-state index in [0.29, 0.717) is 0 Å². The van der Waals surface area contributed by atoms with Crippen LogP contribution in [0, 0.1) is 11.8 Å². The zero-order valence-electron chi connectivity index (χ0n) is 38.2. The molecule has 0 spiro atoms. The summed E-state index contributed by atoms with van der Waals surface area (Å²) in [5, 5.41) is 5.64. The van der Waals surface area contributed by atoms with E-state index in [1.807, 2.05) is 0 Å². The number of benzene rings is 4. The van der Waals surface area contributed by atoms with E-state index in [4.69, 9.17) is 17.0 Å². The Kier molecular flexibility index (Phi) is 19.5. The van der Waals surface area contributed by atoms with Crippen molar-refractivity contribution >= 4 is 48.1 Å². The van der Waals surface area contributed by atoms with Crippen LogP contribution in [-0.4, -0.2) is 9.52 Å². The van der Waals surface area contributed by atoms with Crippen molar-refractivity contribution in [2.75, 3.05) is 0 Å². The van der Waals surface area contributed by atoms with Crippen LogP contribution < -0.4 is 0 Å². The fraction of sp³-hybridized carbons (Fsp3) is 0.464. The van der Waals surface area contributed by atoms with E-state index in [9.17, 15) is 0 Å². The topological polar surface area (TPSA) is 0 Å². The summed E-state index contributed by atoms with van der Waals surface area (Å²) in [4.78, 5) is 0. The molecule has 2 fully saturated rings. The van der Waals surface area contributed by atoms with Gasteiger partial charge in [-0.2, -0.15) is 12.1 Å². The quantitative estimate of drug-likeness (QED) is 0.0887. The molecule has 0 N–H and O–H groups in total. The predicted octanol–water partition coefficient (Wildman–Crippen LogP) is 18.2. The van der Waals surface area contributed by atoms with Gasteiger partial charge in [-0.15, -0.1) is 69.1 Å². The van der Waals surface area contributed by atoms with Crippen molar-refractivity contribution < 1.29 is 20.8 Å². The third-order valence-electron chi connectivity index (χ3n) is 12.7. The number of hydrogen-bond donors (Lipinski definition) is 0. The van der Waals surface area contributed by atoms with Gasteiger partial charge in [0.25, 0.3) is 0 Å². The Labute approximate surface area is 386 Å². The molecule has 0 aromatic heterocycles. The monoisotopic (exact) mass is 932 g/mol. The van der Waals surface area contributed by atoms with Crippen molar-refractivity contribution in [3.8, 4) is 22.3 Å². The maximum absolute atomic E-state index is 4.93. The van der Waals surface area contributed by atoms with E-state index in [2.05, 4.69) is 164 Å². The van der Waals surface area contributed by atoms with E-state index in [1.165, 1.54) is 156 Å². The molecule has 0 bridgehead atoms. The maximum atomic E-state index is 4.93. The number of hydrogen-bond acceptors (Lipinski definition) is 0. The van der Waals surface area contributed by atoms with Crippen molar-refractivity contribution in [1.29, 1.82) is 0 Å². The average molecular weight is 935 g/mol. The van der Waals surface area contributed by atoms with E-state index in [1.54, 1.807) is 0 Å². The van der Waals surface area contributed by atoms with Gasteiger partial charge in [0.2, 0.25) is 0 Å². The summed E-state index contributed by atoms with van der Waals surface area (Å²) in [6, 6.07) is 41.7. The van der Waals surface area contributed by atoms with Crippen LogP contribution in [-0.2, 0) is 44.5 Å². The molecular formula is C56H72Cl2SiZr. The molecule has 0 atom stereocenters. The molecule has 6 aromatic rings. The van der Waals surface area contributed by atoms with Gasteiger partial charge in [-0.1, -0.05) is 203 Å². The van der Waals surface area contributed by atoms with Gasteiger partial charge in [-0.25, -0.2) is 0 Å². The van der Waals surface area contributed by atoms with Gasteiger partial charge in [0.15, 0.2) is 0 Å². The number of fused-ring (bicyclic) bond motifs is 2. The Morgan fingerprint density at radius 2 is 0.833 bits per heavy atom. The molecule has 0 amide bonds. The standard InChI is InChI=1S/2C27H33.C2H6Si.2ClH.Zr/c2*1-27(2,3)24-15-13-22(14-16-24)25-12-8-11-23-18-21(19-26(23)25)17-20-9-6-4-5-7-10-20;1-3-2;;;/h2*8,11-16,18-20H,4-7,9-10,17H2,1-3H3;1-2H3;2*1H;/q2*-1;;;;+4/p-2. The van der Waals surface area contributed by atoms with Crippen molar-refractivity contribution in [2.24, 2.45) is 11.8 Å². The van der Waals surface area contributed by atoms with Crippen LogP contribution in [0.15, 0.2) is 109 Å². The Balaban J connectivity index is 0.000000201. The molecule has 2 radical (unpaired) electrons. The van der Waals surface area contributed by atoms with E-state index in [-0.39, 0.29) is 10.8 Å². The molecule has 2 aliphatic rings. The molecule has 2 aliphatic carbocycles. The van der Waals surface area contributed by atoms with Crippen molar-refractivity contribution in [3.63, 3.8) is 0 Å². The van der Waals surface area contributed by atoms with E-state index in [0.717, 1.165) is 21.4 Å². The third kappa shape index (κ3) is 14.4. The van der Waals surface area contributed by atoms with Crippen LogP contribution >= 0.6 is 17.0 Å². The summed E-state index contributed by atoms with van der Waals surface area (Å²) in [6.07, 6.45) is 19.7. The predicted molar refractivity (Wildman–Crippen MR) is 266 cm³/mol. The second-order valence-electron chi connectivity index (χ2n) is 19.7. The van der Waals surface area contributed by atoms with Crippen LogP contribution in [0.4, 0.5) is 0 Å². The van der Waals surface area contributed by atoms with E-state index < -0.39 is 20.8 Å². The molecule has 6 aromatic carbocycles. The average Bonchev–Trinajstić information content (AvgIpc) is 3.61. The first kappa shape index (κ1) is 48.8. The molecule has 0 aliphatic heterocycles. The summed E-state index contributed by atoms with van der Waals surface area (Å²) in [5.74, 6) is 1.78. The van der Waals surface area contributed by atoms with Crippen LogP contribution in [0.1, 0.15) is 141 Å². The summed E-state index contributed by atoms with van der Waals surface area (Å²) in [7, 11) is 11.0. The third-order valence-corrected chi connectivity index (χ3v) is 12.7. The molecule has 0 nitrogen and oxygen atoms in total. The Bertz CT molecular complexity index is 1970. The van der Waals surface area contributed by atoms with Crippen LogP contribution in [0.25, 0.3) is 43.8 Å². The van der Waals surface area contributed by atoms with Gasteiger partial charge in [0.05, 0.1) is 0 Å². The van der Waals surface area contributed by atoms with Crippen molar-refractivity contribution in [1.82, 2.24) is 0 Å². The van der Waals surface area contributed by atoms with Gasteiger partial charge in [-0.3, -0.25) is 0 Å². The van der Waals surface area contributed by atoms with Crippen LogP contribution in [0.3, 0.4) is 0 Å². The molecule has 4 heteroatoms. The van der Waals surface area contributed by atoms with Crippen LogP contribution in [0.5, 0.6) is 0 Å². The molecule has 0 unspecified atom stereocenters. The molecule has 2 saturated carbocycles. The Morgan fingerprint density at radius 1 is 0.517 bits per heavy atom. The zero-order chi connectivity index (χ0) is 43.1. The molecule has 0 heterocycles. The Hall–Kier alpha value is -2.22. The zero-order valence-corrected chi connectivity index (χ0v) is 43.2. The molecule has 60 heavy (non-hydrogen) atoms. The minimum atomic E-state index is -0.826. The summed E-state index contributed by atoms with van der Waals surface area (Å²) in [6.45, 7) is 18.0. The fourth-order valence-electron chi connectivity index (χ4n) is 9.44. The van der Waals surface area contributed by atoms with Crippen LogP contribution in [0.2, 0.25) is 13.1 Å². The summed E-state index contributed by atoms with van der Waals surface area (Å²) < 4.78 is 0. The van der Waals surface area contributed by atoms with Crippen molar-refractivity contribution in [2.45, 2.75) is 155 Å². The molecular weight excluding hydrogens is 863 g/mol. The Morgan fingerprint density at radius 3 is 1.13 bits per heavy atom. The number of rotatable bonds is 6. The minimum absolute atomic E-state index is 0.205. The van der Waals surface area contributed by atoms with Gasteiger partial charge < -0.3 is 0 Å². The summed E-state index contributed by atoms with van der Waals surface area (Å²) >= 11 is -0.826. The first-order valence-electron chi connectivity index (χ1n) is 23.0. The fourth-order valence-corrected chi connectivity index (χ4v) is 9.44. The second-order valence-corrected chi connectivity index (χ2v) is 24.4. The molecule has 0 saturated heterocycles.